The highest BCUT2D eigenvalue weighted by atomic mass is 16.5. The molecule has 1 unspecified atom stereocenters. The molecule has 0 aliphatic heterocycles. The summed E-state index contributed by atoms with van der Waals surface area (Å²) < 4.78 is 16.5. The second kappa shape index (κ2) is 12.6. The van der Waals surface area contributed by atoms with Gasteiger partial charge in [0.1, 0.15) is 18.4 Å². The van der Waals surface area contributed by atoms with E-state index in [1.165, 1.54) is 37.3 Å². The fourth-order valence-corrected chi connectivity index (χ4v) is 3.95. The zero-order chi connectivity index (χ0) is 27.8. The number of Topliss-reactive ketones (excluding diaryl/α,β-unsaturated/α-hetero) is 1. The number of amides is 2. The van der Waals surface area contributed by atoms with Crippen molar-refractivity contribution in [2.45, 2.75) is 19.4 Å². The number of aromatic carboxylic acids is 1. The van der Waals surface area contributed by atoms with Crippen LogP contribution in [0.2, 0.25) is 0 Å². The molecule has 0 spiro atoms. The SMILES string of the molecule is CNC(COc1ccc(C(=O)O)cc1OC)C(=O)Cc1ccc(N(C(N)=O)c2ccccc2C)c(OC)c1. The van der Waals surface area contributed by atoms with E-state index in [0.717, 1.165) is 5.56 Å². The van der Waals surface area contributed by atoms with Crippen molar-refractivity contribution in [3.05, 3.63) is 77.4 Å². The number of primary amides is 1. The predicted molar refractivity (Wildman–Crippen MR) is 143 cm³/mol. The van der Waals surface area contributed by atoms with Crippen LogP contribution in [0.1, 0.15) is 21.5 Å². The number of hydrogen-bond acceptors (Lipinski definition) is 7. The van der Waals surface area contributed by atoms with E-state index < -0.39 is 18.0 Å². The molecule has 0 saturated heterocycles. The largest absolute Gasteiger partial charge is 0.495 e. The van der Waals surface area contributed by atoms with Crippen molar-refractivity contribution in [2.75, 3.05) is 32.8 Å². The molecule has 0 aliphatic rings. The van der Waals surface area contributed by atoms with Crippen LogP contribution in [0.4, 0.5) is 16.2 Å². The third-order valence-electron chi connectivity index (χ3n) is 5.99. The van der Waals surface area contributed by atoms with E-state index in [9.17, 15) is 14.4 Å². The number of carbonyl (C=O) groups is 3. The Morgan fingerprint density at radius 1 is 0.947 bits per heavy atom. The van der Waals surface area contributed by atoms with Crippen LogP contribution in [0, 0.1) is 6.92 Å². The molecule has 3 aromatic carbocycles. The number of ketones is 1. The maximum Gasteiger partial charge on any atom is 0.335 e. The van der Waals surface area contributed by atoms with Gasteiger partial charge in [0, 0.05) is 6.42 Å². The van der Waals surface area contributed by atoms with Crippen LogP contribution >= 0.6 is 0 Å². The summed E-state index contributed by atoms with van der Waals surface area (Å²) in [7, 11) is 4.53. The van der Waals surface area contributed by atoms with Gasteiger partial charge in [-0.1, -0.05) is 24.3 Å². The molecule has 0 fully saturated rings. The van der Waals surface area contributed by atoms with E-state index in [1.807, 2.05) is 25.1 Å². The quantitative estimate of drug-likeness (QED) is 0.328. The molecule has 10 heteroatoms. The van der Waals surface area contributed by atoms with Gasteiger partial charge in [0.25, 0.3) is 0 Å². The Labute approximate surface area is 220 Å². The average molecular weight is 522 g/mol. The number of hydrogen-bond donors (Lipinski definition) is 3. The lowest BCUT2D eigenvalue weighted by Gasteiger charge is -2.25. The molecule has 2 amide bonds. The molecule has 0 saturated carbocycles. The Morgan fingerprint density at radius 3 is 2.26 bits per heavy atom. The molecule has 4 N–H and O–H groups in total. The smallest absolute Gasteiger partial charge is 0.335 e. The average Bonchev–Trinajstić information content (AvgIpc) is 2.90. The molecule has 38 heavy (non-hydrogen) atoms. The number of anilines is 2. The number of carboxylic acids is 1. The van der Waals surface area contributed by atoms with Crippen molar-refractivity contribution in [3.8, 4) is 17.2 Å². The molecule has 0 aliphatic carbocycles. The Kier molecular flexibility index (Phi) is 9.28. The summed E-state index contributed by atoms with van der Waals surface area (Å²) in [6.07, 6.45) is 0.0710. The fourth-order valence-electron chi connectivity index (χ4n) is 3.95. The van der Waals surface area contributed by atoms with Crippen molar-refractivity contribution < 1.29 is 33.7 Å². The highest BCUT2D eigenvalue weighted by Crippen LogP contribution is 2.36. The molecule has 1 atom stereocenters. The Morgan fingerprint density at radius 2 is 1.66 bits per heavy atom. The summed E-state index contributed by atoms with van der Waals surface area (Å²) in [4.78, 5) is 38.0. The molecule has 0 radical (unpaired) electrons. The van der Waals surface area contributed by atoms with Crippen LogP contribution in [0.25, 0.3) is 0 Å². The number of nitrogens with two attached hydrogens (primary N) is 1. The first-order chi connectivity index (χ1) is 18.2. The lowest BCUT2D eigenvalue weighted by atomic mass is 10.0. The standard InChI is InChI=1S/C28H31N3O7/c1-17-7-5-6-8-21(17)31(28(29)35)22-11-9-18(14-25(22)36-3)13-23(32)20(30-2)16-38-24-12-10-19(27(33)34)15-26(24)37-4/h5-12,14-15,20,30H,13,16H2,1-4H3,(H2,29,35)(H,33,34). The van der Waals surface area contributed by atoms with Crippen LogP contribution in [0.15, 0.2) is 60.7 Å². The molecular formula is C28H31N3O7. The van der Waals surface area contributed by atoms with Gasteiger partial charge < -0.3 is 30.4 Å². The first-order valence-electron chi connectivity index (χ1n) is 11.8. The number of methoxy groups -OCH3 is 2. The predicted octanol–water partition coefficient (Wildman–Crippen LogP) is 3.71. The molecular weight excluding hydrogens is 490 g/mol. The van der Waals surface area contributed by atoms with Crippen molar-refractivity contribution in [1.82, 2.24) is 5.32 Å². The minimum absolute atomic E-state index is 0.00390. The van der Waals surface area contributed by atoms with Crippen LogP contribution in [-0.2, 0) is 11.2 Å². The highest BCUT2D eigenvalue weighted by Gasteiger charge is 2.23. The molecule has 3 aromatic rings. The lowest BCUT2D eigenvalue weighted by molar-refractivity contribution is -0.121. The van der Waals surface area contributed by atoms with Gasteiger partial charge in [-0.15, -0.1) is 0 Å². The van der Waals surface area contributed by atoms with Crippen molar-refractivity contribution in [2.24, 2.45) is 5.73 Å². The number of nitrogens with zero attached hydrogens (tertiary/aromatic N) is 1. The first kappa shape index (κ1) is 28.0. The van der Waals surface area contributed by atoms with Crippen molar-refractivity contribution in [1.29, 1.82) is 0 Å². The van der Waals surface area contributed by atoms with Crippen LogP contribution in [0.3, 0.4) is 0 Å². The zero-order valence-corrected chi connectivity index (χ0v) is 21.7. The fraction of sp³-hybridized carbons (Fsp3) is 0.250. The molecule has 0 heterocycles. The molecule has 0 bridgehead atoms. The third kappa shape index (κ3) is 6.40. The molecule has 10 nitrogen and oxygen atoms in total. The summed E-state index contributed by atoms with van der Waals surface area (Å²) in [6, 6.07) is 15.4. The minimum Gasteiger partial charge on any atom is -0.495 e. The summed E-state index contributed by atoms with van der Waals surface area (Å²) in [5.41, 5.74) is 8.39. The third-order valence-corrected chi connectivity index (χ3v) is 5.99. The van der Waals surface area contributed by atoms with Gasteiger partial charge >= 0.3 is 12.0 Å². The van der Waals surface area contributed by atoms with Crippen molar-refractivity contribution >= 4 is 29.2 Å². The summed E-state index contributed by atoms with van der Waals surface area (Å²) in [5, 5.41) is 12.1. The number of rotatable bonds is 12. The second-order valence-corrected chi connectivity index (χ2v) is 8.43. The van der Waals surface area contributed by atoms with Gasteiger partial charge in [-0.25, -0.2) is 9.59 Å². The number of aryl methyl sites for hydroxylation is 1. The number of carbonyl (C=O) groups excluding carboxylic acids is 2. The summed E-state index contributed by atoms with van der Waals surface area (Å²) in [6.45, 7) is 1.87. The maximum atomic E-state index is 13.1. The van der Waals surface area contributed by atoms with E-state index >= 15 is 0 Å². The van der Waals surface area contributed by atoms with Crippen LogP contribution in [-0.4, -0.2) is 56.8 Å². The number of urea groups is 1. The van der Waals surface area contributed by atoms with Crippen LogP contribution in [0.5, 0.6) is 17.2 Å². The van der Waals surface area contributed by atoms with Gasteiger partial charge in [-0.05, 0) is 61.5 Å². The van der Waals surface area contributed by atoms with E-state index in [4.69, 9.17) is 25.1 Å². The lowest BCUT2D eigenvalue weighted by Crippen LogP contribution is -2.40. The topological polar surface area (TPSA) is 140 Å². The second-order valence-electron chi connectivity index (χ2n) is 8.43. The van der Waals surface area contributed by atoms with Gasteiger partial charge in [-0.3, -0.25) is 9.69 Å². The van der Waals surface area contributed by atoms with E-state index in [1.54, 1.807) is 31.3 Å². The van der Waals surface area contributed by atoms with E-state index in [0.29, 0.717) is 28.4 Å². The van der Waals surface area contributed by atoms with E-state index in [-0.39, 0.29) is 30.1 Å². The normalized spacial score (nSPS) is 11.4. The first-order valence-corrected chi connectivity index (χ1v) is 11.8. The number of ether oxygens (including phenoxy) is 3. The summed E-state index contributed by atoms with van der Waals surface area (Å²) >= 11 is 0. The summed E-state index contributed by atoms with van der Waals surface area (Å²) in [5.74, 6) is -0.274. The maximum absolute atomic E-state index is 13.1. The van der Waals surface area contributed by atoms with Gasteiger partial charge in [0.05, 0.1) is 31.2 Å². The molecule has 200 valence electrons. The Bertz CT molecular complexity index is 1330. The van der Waals surface area contributed by atoms with Crippen molar-refractivity contribution in [3.63, 3.8) is 0 Å². The number of nitrogens with one attached hydrogen (secondary N) is 1. The monoisotopic (exact) mass is 521 g/mol. The van der Waals surface area contributed by atoms with Gasteiger partial charge in [0.15, 0.2) is 17.3 Å². The van der Waals surface area contributed by atoms with E-state index in [2.05, 4.69) is 5.32 Å². The number of para-hydroxylation sites is 1. The number of carboxylic acid groups (broad SMARTS) is 1. The Hall–Kier alpha value is -4.57. The van der Waals surface area contributed by atoms with Gasteiger partial charge in [-0.2, -0.15) is 0 Å². The zero-order valence-electron chi connectivity index (χ0n) is 21.7. The van der Waals surface area contributed by atoms with Gasteiger partial charge in [0.2, 0.25) is 0 Å². The molecule has 3 rings (SSSR count). The number of likely N-dealkylation sites (N-methyl/N-ethyl adjacent to an activating group) is 1. The minimum atomic E-state index is -1.09. The highest BCUT2D eigenvalue weighted by molar-refractivity contribution is 6.00. The number of benzene rings is 3. The Balaban J connectivity index is 1.77. The van der Waals surface area contributed by atoms with Crippen LogP contribution < -0.4 is 30.2 Å². The molecule has 0 aromatic heterocycles.